The predicted octanol–water partition coefficient (Wildman–Crippen LogP) is 2.44. The van der Waals surface area contributed by atoms with E-state index in [4.69, 9.17) is 5.26 Å². The van der Waals surface area contributed by atoms with Crippen LogP contribution in [-0.2, 0) is 6.54 Å². The van der Waals surface area contributed by atoms with Gasteiger partial charge >= 0.3 is 0 Å². The smallest absolute Gasteiger partial charge is 0.129 e. The monoisotopic (exact) mass is 206 g/mol. The van der Waals surface area contributed by atoms with Crippen LogP contribution in [0.1, 0.15) is 23.6 Å². The van der Waals surface area contributed by atoms with Crippen LogP contribution in [0.15, 0.2) is 12.1 Å². The van der Waals surface area contributed by atoms with E-state index in [1.807, 2.05) is 0 Å². The second-order valence-corrected chi connectivity index (χ2v) is 3.78. The van der Waals surface area contributed by atoms with E-state index in [1.54, 1.807) is 32.9 Å². The van der Waals surface area contributed by atoms with Gasteiger partial charge in [-0.2, -0.15) is 5.26 Å². The molecule has 0 saturated heterocycles. The Bertz CT molecular complexity index is 370. The Kier molecular flexibility index (Phi) is 3.81. The molecule has 0 radical (unpaired) electrons. The SMILES string of the molecule is Cc1cc(CNC(C)C#N)cc(C)c1F. The molecule has 1 atom stereocenters. The molecule has 15 heavy (non-hydrogen) atoms. The van der Waals surface area contributed by atoms with Crippen LogP contribution in [-0.4, -0.2) is 6.04 Å². The number of nitrogens with zero attached hydrogens (tertiary/aromatic N) is 1. The summed E-state index contributed by atoms with van der Waals surface area (Å²) < 4.78 is 13.3. The van der Waals surface area contributed by atoms with Crippen molar-refractivity contribution in [1.29, 1.82) is 5.26 Å². The number of hydrogen-bond donors (Lipinski definition) is 1. The Balaban J connectivity index is 2.76. The largest absolute Gasteiger partial charge is 0.298 e. The molecule has 0 spiro atoms. The van der Waals surface area contributed by atoms with Gasteiger partial charge in [-0.25, -0.2) is 4.39 Å². The number of halogens is 1. The molecular formula is C12H15FN2. The zero-order valence-corrected chi connectivity index (χ0v) is 9.26. The number of hydrogen-bond acceptors (Lipinski definition) is 2. The maximum Gasteiger partial charge on any atom is 0.129 e. The summed E-state index contributed by atoms with van der Waals surface area (Å²) in [5.74, 6) is -0.146. The molecule has 0 bridgehead atoms. The molecular weight excluding hydrogens is 191 g/mol. The molecule has 1 unspecified atom stereocenters. The van der Waals surface area contributed by atoms with Gasteiger partial charge in [0.05, 0.1) is 12.1 Å². The minimum Gasteiger partial charge on any atom is -0.298 e. The number of nitrogens with one attached hydrogen (secondary N) is 1. The number of benzene rings is 1. The molecule has 0 aromatic heterocycles. The summed E-state index contributed by atoms with van der Waals surface area (Å²) in [6.45, 7) is 5.89. The minimum absolute atomic E-state index is 0.146. The van der Waals surface area contributed by atoms with Crippen molar-refractivity contribution in [2.45, 2.75) is 33.4 Å². The fourth-order valence-corrected chi connectivity index (χ4v) is 1.45. The second-order valence-electron chi connectivity index (χ2n) is 3.78. The van der Waals surface area contributed by atoms with Gasteiger partial charge in [0.25, 0.3) is 0 Å². The van der Waals surface area contributed by atoms with Crippen LogP contribution in [0.2, 0.25) is 0 Å². The summed E-state index contributed by atoms with van der Waals surface area (Å²) in [7, 11) is 0. The average molecular weight is 206 g/mol. The van der Waals surface area contributed by atoms with E-state index < -0.39 is 0 Å². The van der Waals surface area contributed by atoms with Gasteiger partial charge in [-0.1, -0.05) is 12.1 Å². The standard InChI is InChI=1S/C12H15FN2/c1-8-4-11(5-9(2)12(8)13)7-15-10(3)6-14/h4-5,10,15H,7H2,1-3H3. The first-order chi connectivity index (χ1) is 7.04. The zero-order chi connectivity index (χ0) is 11.4. The van der Waals surface area contributed by atoms with Gasteiger partial charge in [0.1, 0.15) is 5.82 Å². The molecule has 1 N–H and O–H groups in total. The molecule has 0 fully saturated rings. The first kappa shape index (κ1) is 11.7. The van der Waals surface area contributed by atoms with Crippen LogP contribution < -0.4 is 5.32 Å². The van der Waals surface area contributed by atoms with Crippen molar-refractivity contribution in [2.24, 2.45) is 0 Å². The summed E-state index contributed by atoms with van der Waals surface area (Å²) in [4.78, 5) is 0. The molecule has 0 heterocycles. The molecule has 2 nitrogen and oxygen atoms in total. The zero-order valence-electron chi connectivity index (χ0n) is 9.26. The second kappa shape index (κ2) is 4.90. The first-order valence-corrected chi connectivity index (χ1v) is 4.93. The van der Waals surface area contributed by atoms with Crippen molar-refractivity contribution in [2.75, 3.05) is 0 Å². The van der Waals surface area contributed by atoms with E-state index in [1.165, 1.54) is 0 Å². The Morgan fingerprint density at radius 2 is 1.93 bits per heavy atom. The molecule has 1 aromatic carbocycles. The summed E-state index contributed by atoms with van der Waals surface area (Å²) >= 11 is 0. The van der Waals surface area contributed by atoms with Gasteiger partial charge in [-0.15, -0.1) is 0 Å². The molecule has 0 aliphatic heterocycles. The number of rotatable bonds is 3. The quantitative estimate of drug-likeness (QED) is 0.824. The number of nitriles is 1. The van der Waals surface area contributed by atoms with Gasteiger partial charge in [-0.05, 0) is 37.5 Å². The maximum atomic E-state index is 13.3. The summed E-state index contributed by atoms with van der Waals surface area (Å²) in [5.41, 5.74) is 2.31. The fraction of sp³-hybridized carbons (Fsp3) is 0.417. The third-order valence-electron chi connectivity index (χ3n) is 2.30. The lowest BCUT2D eigenvalue weighted by atomic mass is 10.1. The lowest BCUT2D eigenvalue weighted by molar-refractivity contribution is 0.603. The molecule has 80 valence electrons. The van der Waals surface area contributed by atoms with Gasteiger partial charge in [0, 0.05) is 6.54 Å². The first-order valence-electron chi connectivity index (χ1n) is 4.93. The lowest BCUT2D eigenvalue weighted by Crippen LogP contribution is -2.23. The molecule has 0 saturated carbocycles. The number of aryl methyl sites for hydroxylation is 2. The molecule has 0 aliphatic rings. The van der Waals surface area contributed by atoms with Gasteiger partial charge in [0.2, 0.25) is 0 Å². The van der Waals surface area contributed by atoms with Crippen molar-refractivity contribution < 1.29 is 4.39 Å². The van der Waals surface area contributed by atoms with E-state index in [-0.39, 0.29) is 11.9 Å². The van der Waals surface area contributed by atoms with Crippen LogP contribution >= 0.6 is 0 Å². The van der Waals surface area contributed by atoms with E-state index in [0.29, 0.717) is 17.7 Å². The molecule has 3 heteroatoms. The highest BCUT2D eigenvalue weighted by Crippen LogP contribution is 2.14. The summed E-state index contributed by atoms with van der Waals surface area (Å²) in [6.07, 6.45) is 0. The Labute approximate surface area is 89.7 Å². The van der Waals surface area contributed by atoms with Crippen molar-refractivity contribution in [1.82, 2.24) is 5.32 Å². The van der Waals surface area contributed by atoms with Crippen LogP contribution in [0.25, 0.3) is 0 Å². The Hall–Kier alpha value is -1.40. The summed E-state index contributed by atoms with van der Waals surface area (Å²) in [5, 5.41) is 11.6. The molecule has 0 amide bonds. The van der Waals surface area contributed by atoms with Crippen molar-refractivity contribution in [3.05, 3.63) is 34.6 Å². The highest BCUT2D eigenvalue weighted by atomic mass is 19.1. The van der Waals surface area contributed by atoms with Gasteiger partial charge in [0.15, 0.2) is 0 Å². The van der Waals surface area contributed by atoms with Gasteiger partial charge in [-0.3, -0.25) is 5.32 Å². The third-order valence-corrected chi connectivity index (χ3v) is 2.30. The normalized spacial score (nSPS) is 12.2. The van der Waals surface area contributed by atoms with E-state index >= 15 is 0 Å². The van der Waals surface area contributed by atoms with Crippen LogP contribution in [0, 0.1) is 31.0 Å². The van der Waals surface area contributed by atoms with Crippen LogP contribution in [0.5, 0.6) is 0 Å². The van der Waals surface area contributed by atoms with E-state index in [0.717, 1.165) is 5.56 Å². The third kappa shape index (κ3) is 3.03. The van der Waals surface area contributed by atoms with Crippen molar-refractivity contribution >= 4 is 0 Å². The van der Waals surface area contributed by atoms with Crippen molar-refractivity contribution in [3.8, 4) is 6.07 Å². The van der Waals surface area contributed by atoms with E-state index in [9.17, 15) is 4.39 Å². The highest BCUT2D eigenvalue weighted by molar-refractivity contribution is 5.30. The Morgan fingerprint density at radius 1 is 1.40 bits per heavy atom. The highest BCUT2D eigenvalue weighted by Gasteiger charge is 2.05. The van der Waals surface area contributed by atoms with Crippen molar-refractivity contribution in [3.63, 3.8) is 0 Å². The summed E-state index contributed by atoms with van der Waals surface area (Å²) in [6, 6.07) is 5.52. The molecule has 0 aliphatic carbocycles. The lowest BCUT2D eigenvalue weighted by Gasteiger charge is -2.09. The predicted molar refractivity (Wildman–Crippen MR) is 57.8 cm³/mol. The molecule has 1 rings (SSSR count). The Morgan fingerprint density at radius 3 is 2.40 bits per heavy atom. The fourth-order valence-electron chi connectivity index (χ4n) is 1.45. The topological polar surface area (TPSA) is 35.8 Å². The van der Waals surface area contributed by atoms with E-state index in [2.05, 4.69) is 11.4 Å². The van der Waals surface area contributed by atoms with Crippen LogP contribution in [0.3, 0.4) is 0 Å². The minimum atomic E-state index is -0.185. The van der Waals surface area contributed by atoms with Crippen LogP contribution in [0.4, 0.5) is 4.39 Å². The molecule has 1 aromatic rings. The van der Waals surface area contributed by atoms with Gasteiger partial charge < -0.3 is 0 Å². The average Bonchev–Trinajstić information content (AvgIpc) is 2.22. The maximum absolute atomic E-state index is 13.3.